The predicted octanol–water partition coefficient (Wildman–Crippen LogP) is 3.43. The largest absolute Gasteiger partial charge is 0.494 e. The van der Waals surface area contributed by atoms with Crippen molar-refractivity contribution in [2.45, 2.75) is 31.7 Å². The number of sulfonamides is 1. The van der Waals surface area contributed by atoms with E-state index in [1.807, 2.05) is 45.0 Å². The summed E-state index contributed by atoms with van der Waals surface area (Å²) >= 11 is 0. The van der Waals surface area contributed by atoms with E-state index < -0.39 is 10.0 Å². The Hall–Kier alpha value is -1.85. The van der Waals surface area contributed by atoms with Crippen LogP contribution in [0.3, 0.4) is 0 Å². The molecule has 0 aliphatic heterocycles. The van der Waals surface area contributed by atoms with Crippen molar-refractivity contribution in [1.82, 2.24) is 4.72 Å². The number of hydrogen-bond donors (Lipinski definition) is 1. The van der Waals surface area contributed by atoms with Crippen LogP contribution in [0.15, 0.2) is 53.4 Å². The molecule has 0 saturated heterocycles. The number of aryl methyl sites for hydroxylation is 1. The number of rotatable bonds is 6. The first-order valence-electron chi connectivity index (χ1n) is 7.24. The third kappa shape index (κ3) is 4.08. The average Bonchev–Trinajstić information content (AvgIpc) is 2.48. The minimum absolute atomic E-state index is 0.274. The highest BCUT2D eigenvalue weighted by Gasteiger charge is 2.18. The Bertz CT molecular complexity index is 707. The highest BCUT2D eigenvalue weighted by atomic mass is 32.2. The lowest BCUT2D eigenvalue weighted by molar-refractivity contribution is 0.340. The van der Waals surface area contributed by atoms with E-state index in [-0.39, 0.29) is 10.9 Å². The van der Waals surface area contributed by atoms with Crippen molar-refractivity contribution in [3.63, 3.8) is 0 Å². The van der Waals surface area contributed by atoms with Gasteiger partial charge in [0.1, 0.15) is 5.75 Å². The van der Waals surface area contributed by atoms with Crippen LogP contribution in [-0.2, 0) is 10.0 Å². The quantitative estimate of drug-likeness (QED) is 0.887. The van der Waals surface area contributed by atoms with Gasteiger partial charge in [-0.1, -0.05) is 29.8 Å². The van der Waals surface area contributed by atoms with Gasteiger partial charge in [-0.15, -0.1) is 0 Å². The molecule has 0 aliphatic rings. The van der Waals surface area contributed by atoms with Crippen LogP contribution in [0.5, 0.6) is 5.75 Å². The third-order valence-corrected chi connectivity index (χ3v) is 4.91. The Morgan fingerprint density at radius 2 is 1.64 bits per heavy atom. The molecule has 0 radical (unpaired) electrons. The molecule has 0 bridgehead atoms. The van der Waals surface area contributed by atoms with Gasteiger partial charge in [-0.05, 0) is 50.6 Å². The molecular formula is C17H21NO3S. The maximum atomic E-state index is 12.4. The molecule has 118 valence electrons. The fourth-order valence-electron chi connectivity index (χ4n) is 2.11. The van der Waals surface area contributed by atoms with Gasteiger partial charge < -0.3 is 4.74 Å². The lowest BCUT2D eigenvalue weighted by Crippen LogP contribution is -2.26. The Kier molecular flexibility index (Phi) is 5.21. The molecule has 0 spiro atoms. The van der Waals surface area contributed by atoms with Gasteiger partial charge in [0.15, 0.2) is 0 Å². The van der Waals surface area contributed by atoms with Crippen molar-refractivity contribution in [1.29, 1.82) is 0 Å². The van der Waals surface area contributed by atoms with Crippen LogP contribution in [0.1, 0.15) is 31.0 Å². The number of nitrogens with one attached hydrogen (secondary N) is 1. The standard InChI is InChI=1S/C17H21NO3S/c1-4-21-16-9-7-15(8-10-16)14(3)18-22(19,20)17-11-5-13(2)6-12-17/h5-12,14,18H,4H2,1-3H3/t14-/m1/s1. The van der Waals surface area contributed by atoms with Gasteiger partial charge in [0.25, 0.3) is 0 Å². The first-order chi connectivity index (χ1) is 10.4. The maximum Gasteiger partial charge on any atom is 0.241 e. The van der Waals surface area contributed by atoms with Crippen LogP contribution in [-0.4, -0.2) is 15.0 Å². The molecule has 2 aromatic rings. The molecule has 0 amide bonds. The van der Waals surface area contributed by atoms with E-state index >= 15 is 0 Å². The predicted molar refractivity (Wildman–Crippen MR) is 87.5 cm³/mol. The first kappa shape index (κ1) is 16.5. The highest BCUT2D eigenvalue weighted by Crippen LogP contribution is 2.20. The zero-order chi connectivity index (χ0) is 16.2. The molecule has 0 aromatic heterocycles. The summed E-state index contributed by atoms with van der Waals surface area (Å²) in [6.45, 7) is 6.27. The second-order valence-corrected chi connectivity index (χ2v) is 6.87. The third-order valence-electron chi connectivity index (χ3n) is 3.35. The fraction of sp³-hybridized carbons (Fsp3) is 0.294. The normalized spacial score (nSPS) is 12.9. The Morgan fingerprint density at radius 1 is 1.05 bits per heavy atom. The van der Waals surface area contributed by atoms with Crippen molar-refractivity contribution < 1.29 is 13.2 Å². The zero-order valence-corrected chi connectivity index (χ0v) is 13.9. The molecule has 5 heteroatoms. The molecule has 1 N–H and O–H groups in total. The SMILES string of the molecule is CCOc1ccc([C@@H](C)NS(=O)(=O)c2ccc(C)cc2)cc1. The zero-order valence-electron chi connectivity index (χ0n) is 13.0. The summed E-state index contributed by atoms with van der Waals surface area (Å²) in [5.41, 5.74) is 1.91. The molecule has 0 heterocycles. The number of hydrogen-bond acceptors (Lipinski definition) is 3. The lowest BCUT2D eigenvalue weighted by Gasteiger charge is -2.15. The molecule has 22 heavy (non-hydrogen) atoms. The topological polar surface area (TPSA) is 55.4 Å². The maximum absolute atomic E-state index is 12.4. The second-order valence-electron chi connectivity index (χ2n) is 5.16. The van der Waals surface area contributed by atoms with Gasteiger partial charge in [-0.2, -0.15) is 0 Å². The smallest absolute Gasteiger partial charge is 0.241 e. The summed E-state index contributed by atoms with van der Waals surface area (Å²) in [6.07, 6.45) is 0. The highest BCUT2D eigenvalue weighted by molar-refractivity contribution is 7.89. The summed E-state index contributed by atoms with van der Waals surface area (Å²) in [5.74, 6) is 0.778. The summed E-state index contributed by atoms with van der Waals surface area (Å²) < 4.78 is 32.8. The monoisotopic (exact) mass is 319 g/mol. The molecule has 2 aromatic carbocycles. The lowest BCUT2D eigenvalue weighted by atomic mass is 10.1. The van der Waals surface area contributed by atoms with Crippen LogP contribution < -0.4 is 9.46 Å². The van der Waals surface area contributed by atoms with Crippen LogP contribution in [0.4, 0.5) is 0 Å². The van der Waals surface area contributed by atoms with Crippen molar-refractivity contribution in [3.8, 4) is 5.75 Å². The number of ether oxygens (including phenoxy) is 1. The first-order valence-corrected chi connectivity index (χ1v) is 8.72. The summed E-state index contributed by atoms with van der Waals surface area (Å²) in [6, 6.07) is 13.9. The molecule has 4 nitrogen and oxygen atoms in total. The van der Waals surface area contributed by atoms with E-state index in [9.17, 15) is 8.42 Å². The minimum atomic E-state index is -3.53. The van der Waals surface area contributed by atoms with Crippen molar-refractivity contribution in [2.75, 3.05) is 6.61 Å². The molecule has 0 saturated carbocycles. The Balaban J connectivity index is 2.13. The van der Waals surface area contributed by atoms with Crippen molar-refractivity contribution in [3.05, 3.63) is 59.7 Å². The second kappa shape index (κ2) is 6.94. The molecular weight excluding hydrogens is 298 g/mol. The Labute approximate surface area is 132 Å². The van der Waals surface area contributed by atoms with E-state index in [1.165, 1.54) is 0 Å². The van der Waals surface area contributed by atoms with Crippen molar-refractivity contribution in [2.24, 2.45) is 0 Å². The fourth-order valence-corrected chi connectivity index (χ4v) is 3.34. The van der Waals surface area contributed by atoms with Gasteiger partial charge in [0.2, 0.25) is 10.0 Å². The van der Waals surface area contributed by atoms with Gasteiger partial charge in [0.05, 0.1) is 11.5 Å². The van der Waals surface area contributed by atoms with Gasteiger partial charge in [-0.25, -0.2) is 13.1 Å². The summed E-state index contributed by atoms with van der Waals surface area (Å²) in [4.78, 5) is 0.274. The van der Waals surface area contributed by atoms with E-state index in [4.69, 9.17) is 4.74 Å². The molecule has 1 atom stereocenters. The number of benzene rings is 2. The molecule has 2 rings (SSSR count). The Morgan fingerprint density at radius 3 is 2.18 bits per heavy atom. The van der Waals surface area contributed by atoms with Crippen LogP contribution in [0.2, 0.25) is 0 Å². The average molecular weight is 319 g/mol. The minimum Gasteiger partial charge on any atom is -0.494 e. The van der Waals surface area contributed by atoms with Crippen molar-refractivity contribution >= 4 is 10.0 Å². The molecule has 0 aliphatic carbocycles. The van der Waals surface area contributed by atoms with Gasteiger partial charge in [0, 0.05) is 6.04 Å². The summed E-state index contributed by atoms with van der Waals surface area (Å²) in [5, 5.41) is 0. The van der Waals surface area contributed by atoms with Gasteiger partial charge >= 0.3 is 0 Å². The van der Waals surface area contributed by atoms with Crippen LogP contribution in [0, 0.1) is 6.92 Å². The van der Waals surface area contributed by atoms with E-state index in [0.717, 1.165) is 16.9 Å². The van der Waals surface area contributed by atoms with E-state index in [2.05, 4.69) is 4.72 Å². The van der Waals surface area contributed by atoms with E-state index in [0.29, 0.717) is 6.61 Å². The van der Waals surface area contributed by atoms with Gasteiger partial charge in [-0.3, -0.25) is 0 Å². The van der Waals surface area contributed by atoms with Crippen LogP contribution >= 0.6 is 0 Å². The van der Waals surface area contributed by atoms with Crippen LogP contribution in [0.25, 0.3) is 0 Å². The van der Waals surface area contributed by atoms with E-state index in [1.54, 1.807) is 24.3 Å². The summed E-state index contributed by atoms with van der Waals surface area (Å²) in [7, 11) is -3.53. The molecule has 0 unspecified atom stereocenters. The molecule has 0 fully saturated rings.